The minimum atomic E-state index is -2.93. The van der Waals surface area contributed by atoms with E-state index >= 15 is 0 Å². The van der Waals surface area contributed by atoms with E-state index in [4.69, 9.17) is 6.57 Å². The molecule has 0 spiro atoms. The molecule has 0 amide bonds. The number of aromatic nitrogens is 6. The van der Waals surface area contributed by atoms with Crippen molar-refractivity contribution in [2.24, 2.45) is 0 Å². The van der Waals surface area contributed by atoms with Crippen molar-refractivity contribution in [1.29, 1.82) is 10.5 Å². The molecule has 0 fully saturated rings. The molecule has 0 aliphatic carbocycles. The van der Waals surface area contributed by atoms with Gasteiger partial charge in [0.1, 0.15) is 12.1 Å². The van der Waals surface area contributed by atoms with Gasteiger partial charge in [0, 0.05) is 32.7 Å². The second-order valence-corrected chi connectivity index (χ2v) is 8.63. The lowest BCUT2D eigenvalue weighted by atomic mass is 9.92. The van der Waals surface area contributed by atoms with Crippen molar-refractivity contribution in [3.8, 4) is 12.1 Å². The van der Waals surface area contributed by atoms with Crippen molar-refractivity contribution in [3.05, 3.63) is 94.1 Å². The average molecular weight is 546 g/mol. The van der Waals surface area contributed by atoms with Crippen LogP contribution in [0.1, 0.15) is 11.4 Å². The Morgan fingerprint density at radius 2 is 0.950 bits per heavy atom. The molecule has 6 aromatic rings. The summed E-state index contributed by atoms with van der Waals surface area (Å²) in [5, 5.41) is 31.3. The SMILES string of the molecule is [C-]#[N+]c1nn([BH-](n2nc(C#N)c3cc(F)c(F)cc32)n2nc(C#N)c3cc(F)c(F)cc32)c2cc(F)c(F)cc12. The minimum Gasteiger partial charge on any atom is -0.394 e. The van der Waals surface area contributed by atoms with E-state index in [0.717, 1.165) is 50.2 Å². The maximum Gasteiger partial charge on any atom is 0.348 e. The standard InChI is InChI=1S/C24H7BF6N9/c1-34-24-12-4-15(28)18(31)7-23(12)40(37-24)25(38-21-5-16(29)13(26)2-10(21)19(8-32)35-38)39-22-6-17(30)14(27)3-11(22)20(9-33)36-39/h2-7,25H/q-1. The topological polar surface area (TPSA) is 105 Å². The van der Waals surface area contributed by atoms with Crippen LogP contribution in [0, 0.1) is 64.1 Å². The van der Waals surface area contributed by atoms with Gasteiger partial charge in [-0.1, -0.05) is 11.7 Å². The third-order valence-electron chi connectivity index (χ3n) is 6.48. The number of hydrogen-bond acceptors (Lipinski definition) is 5. The van der Waals surface area contributed by atoms with Gasteiger partial charge < -0.3 is 18.6 Å². The Hall–Kier alpha value is -5.82. The Kier molecular flexibility index (Phi) is 5.28. The van der Waals surface area contributed by atoms with E-state index in [2.05, 4.69) is 20.1 Å². The van der Waals surface area contributed by atoms with E-state index in [1.54, 1.807) is 12.1 Å². The fourth-order valence-corrected chi connectivity index (χ4v) is 4.76. The van der Waals surface area contributed by atoms with Crippen molar-refractivity contribution in [2.45, 2.75) is 0 Å². The minimum absolute atomic E-state index is 0.144. The Bertz CT molecular complexity index is 1950. The molecule has 0 atom stereocenters. The zero-order valence-corrected chi connectivity index (χ0v) is 19.5. The molecule has 9 nitrogen and oxygen atoms in total. The van der Waals surface area contributed by atoms with Gasteiger partial charge in [0.15, 0.2) is 46.3 Å². The summed E-state index contributed by atoms with van der Waals surface area (Å²) >= 11 is 0. The highest BCUT2D eigenvalue weighted by Crippen LogP contribution is 2.31. The molecule has 6 rings (SSSR count). The monoisotopic (exact) mass is 546 g/mol. The van der Waals surface area contributed by atoms with Gasteiger partial charge in [0.05, 0.1) is 0 Å². The van der Waals surface area contributed by atoms with Crippen LogP contribution in [0.25, 0.3) is 37.6 Å². The molecule has 0 aliphatic heterocycles. The fraction of sp³-hybridized carbons (Fsp3) is 0. The maximum absolute atomic E-state index is 14.4. The number of rotatable bonds is 3. The highest BCUT2D eigenvalue weighted by molar-refractivity contribution is 6.56. The number of fused-ring (bicyclic) bond motifs is 3. The fourth-order valence-electron chi connectivity index (χ4n) is 4.76. The van der Waals surface area contributed by atoms with Crippen LogP contribution in [-0.4, -0.2) is 36.2 Å². The molecular formula is C24H7BF6N9-. The predicted octanol–water partition coefficient (Wildman–Crippen LogP) is 4.53. The largest absolute Gasteiger partial charge is 0.394 e. The third-order valence-corrected chi connectivity index (χ3v) is 6.48. The van der Waals surface area contributed by atoms with Gasteiger partial charge in [-0.05, 0) is 36.4 Å². The van der Waals surface area contributed by atoms with Gasteiger partial charge in [0.2, 0.25) is 0 Å². The van der Waals surface area contributed by atoms with Gasteiger partial charge in [0.25, 0.3) is 5.82 Å². The van der Waals surface area contributed by atoms with Crippen molar-refractivity contribution in [2.75, 3.05) is 0 Å². The number of hydrogen-bond donors (Lipinski definition) is 0. The Morgan fingerprint density at radius 1 is 0.600 bits per heavy atom. The third kappa shape index (κ3) is 3.38. The molecule has 0 N–H and O–H groups in total. The second kappa shape index (κ2) is 8.61. The second-order valence-electron chi connectivity index (χ2n) is 8.63. The molecule has 3 aromatic heterocycles. The lowest BCUT2D eigenvalue weighted by Gasteiger charge is -2.27. The van der Waals surface area contributed by atoms with Crippen molar-refractivity contribution in [3.63, 3.8) is 0 Å². The first-order valence-electron chi connectivity index (χ1n) is 11.1. The first-order chi connectivity index (χ1) is 19.2. The van der Waals surface area contributed by atoms with E-state index in [0.29, 0.717) is 0 Å². The lowest BCUT2D eigenvalue weighted by molar-refractivity contribution is 0.510. The first-order valence-corrected chi connectivity index (χ1v) is 11.1. The maximum atomic E-state index is 14.4. The first kappa shape index (κ1) is 24.5. The highest BCUT2D eigenvalue weighted by Gasteiger charge is 2.28. The van der Waals surface area contributed by atoms with Crippen molar-refractivity contribution < 1.29 is 26.3 Å². The normalized spacial score (nSPS) is 11.4. The van der Waals surface area contributed by atoms with Crippen molar-refractivity contribution in [1.82, 2.24) is 29.1 Å². The average Bonchev–Trinajstić information content (AvgIpc) is 3.57. The molecular weight excluding hydrogens is 539 g/mol. The number of benzene rings is 3. The van der Waals surface area contributed by atoms with Crippen LogP contribution in [0.15, 0.2) is 36.4 Å². The van der Waals surface area contributed by atoms with E-state index in [1.807, 2.05) is 0 Å². The Labute approximate surface area is 218 Å². The summed E-state index contributed by atoms with van der Waals surface area (Å²) in [6.07, 6.45) is 0. The van der Waals surface area contributed by atoms with Gasteiger partial charge in [-0.3, -0.25) is 0 Å². The van der Waals surface area contributed by atoms with Crippen LogP contribution in [0.4, 0.5) is 32.2 Å². The number of halogens is 6. The summed E-state index contributed by atoms with van der Waals surface area (Å²) in [6.45, 7) is 7.48. The molecule has 0 unspecified atom stereocenters. The zero-order chi connectivity index (χ0) is 28.5. The molecule has 0 saturated heterocycles. The van der Waals surface area contributed by atoms with Crippen LogP contribution >= 0.6 is 0 Å². The van der Waals surface area contributed by atoms with Gasteiger partial charge >= 0.3 is 7.12 Å². The molecule has 16 heteroatoms. The van der Waals surface area contributed by atoms with E-state index in [-0.39, 0.29) is 44.1 Å². The summed E-state index contributed by atoms with van der Waals surface area (Å²) in [7, 11) is -2.93. The lowest BCUT2D eigenvalue weighted by Crippen LogP contribution is -2.44. The van der Waals surface area contributed by atoms with E-state index in [1.165, 1.54) is 0 Å². The molecule has 40 heavy (non-hydrogen) atoms. The summed E-state index contributed by atoms with van der Waals surface area (Å²) in [5.41, 5.74) is -1.30. The van der Waals surface area contributed by atoms with Gasteiger partial charge in [-0.15, -0.1) is 0 Å². The van der Waals surface area contributed by atoms with E-state index in [9.17, 15) is 36.9 Å². The summed E-state index contributed by atoms with van der Waals surface area (Å²) in [5.74, 6) is -8.24. The molecule has 3 aromatic carbocycles. The van der Waals surface area contributed by atoms with Gasteiger partial charge in [-0.2, -0.15) is 10.5 Å². The quantitative estimate of drug-likeness (QED) is 0.184. The number of nitriles is 2. The predicted molar refractivity (Wildman–Crippen MR) is 128 cm³/mol. The molecule has 3 heterocycles. The van der Waals surface area contributed by atoms with E-state index < -0.39 is 47.8 Å². The smallest absolute Gasteiger partial charge is 0.348 e. The molecule has 0 radical (unpaired) electrons. The van der Waals surface area contributed by atoms with Gasteiger partial charge in [-0.25, -0.2) is 36.5 Å². The summed E-state index contributed by atoms with van der Waals surface area (Å²) in [6, 6.07) is 7.83. The van der Waals surface area contributed by atoms with Crippen LogP contribution < -0.4 is 0 Å². The zero-order valence-electron chi connectivity index (χ0n) is 19.5. The molecule has 0 bridgehead atoms. The van der Waals surface area contributed by atoms with Crippen LogP contribution in [0.5, 0.6) is 0 Å². The van der Waals surface area contributed by atoms with Crippen LogP contribution in [0.2, 0.25) is 0 Å². The number of nitrogens with zero attached hydrogens (tertiary/aromatic N) is 9. The highest BCUT2D eigenvalue weighted by atomic mass is 19.2. The summed E-state index contributed by atoms with van der Waals surface area (Å²) < 4.78 is 88.6. The summed E-state index contributed by atoms with van der Waals surface area (Å²) in [4.78, 5) is 3.24. The Balaban J connectivity index is 1.81. The van der Waals surface area contributed by atoms with Crippen LogP contribution in [-0.2, 0) is 0 Å². The van der Waals surface area contributed by atoms with Crippen LogP contribution in [0.3, 0.4) is 0 Å². The van der Waals surface area contributed by atoms with Crippen molar-refractivity contribution >= 4 is 45.6 Å². The molecule has 0 aliphatic rings. The molecule has 194 valence electrons. The molecule has 0 saturated carbocycles. The Morgan fingerprint density at radius 3 is 1.35 bits per heavy atom.